The van der Waals surface area contributed by atoms with Crippen molar-refractivity contribution in [1.82, 2.24) is 9.97 Å². The van der Waals surface area contributed by atoms with Crippen LogP contribution in [0.15, 0.2) is 35.8 Å². The van der Waals surface area contributed by atoms with Crippen LogP contribution < -0.4 is 0 Å². The van der Waals surface area contributed by atoms with E-state index in [0.29, 0.717) is 0 Å². The Morgan fingerprint density at radius 3 is 2.76 bits per heavy atom. The summed E-state index contributed by atoms with van der Waals surface area (Å²) in [4.78, 5) is 8.80. The first-order valence-corrected chi connectivity index (χ1v) is 6.40. The molecule has 2 nitrogen and oxygen atoms in total. The fourth-order valence-corrected chi connectivity index (χ4v) is 2.73. The molecular formula is C14H12N2S. The molecule has 0 unspecified atom stereocenters. The number of aryl methyl sites for hydroxylation is 2. The van der Waals surface area contributed by atoms with Crippen LogP contribution in [0.2, 0.25) is 0 Å². The molecular weight excluding hydrogens is 228 g/mol. The second kappa shape index (κ2) is 3.93. The summed E-state index contributed by atoms with van der Waals surface area (Å²) in [6.07, 6.45) is 0. The number of fused-ring (bicyclic) bond motifs is 1. The minimum absolute atomic E-state index is 1.06. The molecule has 0 saturated heterocycles. The second-order valence-corrected chi connectivity index (χ2v) is 5.01. The van der Waals surface area contributed by atoms with Crippen molar-refractivity contribution >= 4 is 21.6 Å². The van der Waals surface area contributed by atoms with Gasteiger partial charge in [-0.25, -0.2) is 4.98 Å². The van der Waals surface area contributed by atoms with Gasteiger partial charge in [-0.3, -0.25) is 4.98 Å². The van der Waals surface area contributed by atoms with Crippen LogP contribution in [0, 0.1) is 13.8 Å². The first-order valence-electron chi connectivity index (χ1n) is 5.52. The van der Waals surface area contributed by atoms with E-state index in [9.17, 15) is 0 Å². The zero-order chi connectivity index (χ0) is 11.8. The van der Waals surface area contributed by atoms with Gasteiger partial charge in [0, 0.05) is 17.0 Å². The lowest BCUT2D eigenvalue weighted by Crippen LogP contribution is -1.89. The van der Waals surface area contributed by atoms with Gasteiger partial charge in [0.15, 0.2) is 0 Å². The minimum Gasteiger partial charge on any atom is -0.258 e. The van der Waals surface area contributed by atoms with Crippen LogP contribution in [0.3, 0.4) is 0 Å². The Labute approximate surface area is 104 Å². The molecule has 17 heavy (non-hydrogen) atoms. The lowest BCUT2D eigenvalue weighted by molar-refractivity contribution is 1.13. The molecule has 3 heteroatoms. The standard InChI is InChI=1S/C14H12N2S/c1-9-3-5-12(10(2)16-9)11-4-6-13-14(7-11)17-8-15-13/h3-8H,1-2H3. The summed E-state index contributed by atoms with van der Waals surface area (Å²) < 4.78 is 1.22. The third-order valence-corrected chi connectivity index (χ3v) is 3.66. The zero-order valence-electron chi connectivity index (χ0n) is 9.77. The van der Waals surface area contributed by atoms with Crippen molar-refractivity contribution < 1.29 is 0 Å². The first-order chi connectivity index (χ1) is 8.24. The van der Waals surface area contributed by atoms with Gasteiger partial charge in [0.2, 0.25) is 0 Å². The molecule has 0 spiro atoms. The van der Waals surface area contributed by atoms with E-state index in [2.05, 4.69) is 47.2 Å². The maximum Gasteiger partial charge on any atom is 0.0812 e. The molecule has 0 bridgehead atoms. The monoisotopic (exact) mass is 240 g/mol. The predicted molar refractivity (Wildman–Crippen MR) is 72.3 cm³/mol. The van der Waals surface area contributed by atoms with Gasteiger partial charge in [-0.2, -0.15) is 0 Å². The average molecular weight is 240 g/mol. The number of aromatic nitrogens is 2. The van der Waals surface area contributed by atoms with Crippen molar-refractivity contribution in [1.29, 1.82) is 0 Å². The van der Waals surface area contributed by atoms with E-state index in [0.717, 1.165) is 16.9 Å². The molecule has 0 aliphatic carbocycles. The number of hydrogen-bond acceptors (Lipinski definition) is 3. The fraction of sp³-hybridized carbons (Fsp3) is 0.143. The van der Waals surface area contributed by atoms with Crippen LogP contribution in [0.5, 0.6) is 0 Å². The van der Waals surface area contributed by atoms with E-state index in [1.807, 2.05) is 12.4 Å². The highest BCUT2D eigenvalue weighted by Crippen LogP contribution is 2.27. The van der Waals surface area contributed by atoms with Crippen molar-refractivity contribution in [3.05, 3.63) is 47.2 Å². The molecule has 0 aliphatic rings. The van der Waals surface area contributed by atoms with Crippen LogP contribution in [0.1, 0.15) is 11.4 Å². The van der Waals surface area contributed by atoms with Crippen LogP contribution in [-0.4, -0.2) is 9.97 Å². The van der Waals surface area contributed by atoms with Crippen LogP contribution in [-0.2, 0) is 0 Å². The lowest BCUT2D eigenvalue weighted by Gasteiger charge is -2.06. The molecule has 2 aromatic heterocycles. The van der Waals surface area contributed by atoms with Crippen LogP contribution >= 0.6 is 11.3 Å². The largest absolute Gasteiger partial charge is 0.258 e. The van der Waals surface area contributed by atoms with Crippen molar-refractivity contribution in [2.75, 3.05) is 0 Å². The zero-order valence-corrected chi connectivity index (χ0v) is 10.6. The highest BCUT2D eigenvalue weighted by molar-refractivity contribution is 7.16. The summed E-state index contributed by atoms with van der Waals surface area (Å²) in [6.45, 7) is 4.07. The molecule has 2 heterocycles. The predicted octanol–water partition coefficient (Wildman–Crippen LogP) is 3.98. The van der Waals surface area contributed by atoms with Gasteiger partial charge in [0.1, 0.15) is 0 Å². The Kier molecular flexibility index (Phi) is 2.41. The van der Waals surface area contributed by atoms with E-state index >= 15 is 0 Å². The van der Waals surface area contributed by atoms with E-state index < -0.39 is 0 Å². The number of nitrogens with zero attached hydrogens (tertiary/aromatic N) is 2. The maximum absolute atomic E-state index is 4.51. The van der Waals surface area contributed by atoms with Gasteiger partial charge in [-0.15, -0.1) is 11.3 Å². The highest BCUT2D eigenvalue weighted by atomic mass is 32.1. The van der Waals surface area contributed by atoms with E-state index in [4.69, 9.17) is 0 Å². The average Bonchev–Trinajstić information content (AvgIpc) is 2.75. The molecule has 0 radical (unpaired) electrons. The van der Waals surface area contributed by atoms with Gasteiger partial charge in [0.05, 0.1) is 15.7 Å². The number of benzene rings is 1. The Morgan fingerprint density at radius 1 is 1.06 bits per heavy atom. The van der Waals surface area contributed by atoms with Crippen LogP contribution in [0.25, 0.3) is 21.3 Å². The summed E-state index contributed by atoms with van der Waals surface area (Å²) >= 11 is 1.67. The summed E-state index contributed by atoms with van der Waals surface area (Å²) in [7, 11) is 0. The Hall–Kier alpha value is -1.74. The maximum atomic E-state index is 4.51. The smallest absolute Gasteiger partial charge is 0.0812 e. The van der Waals surface area contributed by atoms with Crippen LogP contribution in [0.4, 0.5) is 0 Å². The number of thiazole rings is 1. The minimum atomic E-state index is 1.06. The van der Waals surface area contributed by atoms with Gasteiger partial charge in [-0.05, 0) is 37.6 Å². The van der Waals surface area contributed by atoms with E-state index in [1.54, 1.807) is 11.3 Å². The number of rotatable bonds is 1. The van der Waals surface area contributed by atoms with Gasteiger partial charge in [0.25, 0.3) is 0 Å². The molecule has 0 saturated carbocycles. The van der Waals surface area contributed by atoms with E-state index in [1.165, 1.54) is 15.8 Å². The third kappa shape index (κ3) is 1.83. The fourth-order valence-electron chi connectivity index (χ4n) is 2.01. The summed E-state index contributed by atoms with van der Waals surface area (Å²) in [5.41, 5.74) is 7.50. The van der Waals surface area contributed by atoms with Crippen molar-refractivity contribution in [2.24, 2.45) is 0 Å². The number of hydrogen-bond donors (Lipinski definition) is 0. The number of pyridine rings is 1. The Morgan fingerprint density at radius 2 is 1.94 bits per heavy atom. The lowest BCUT2D eigenvalue weighted by atomic mass is 10.0. The van der Waals surface area contributed by atoms with Gasteiger partial charge in [-0.1, -0.05) is 12.1 Å². The normalized spacial score (nSPS) is 10.9. The molecule has 0 amide bonds. The molecule has 1 aromatic carbocycles. The molecule has 0 N–H and O–H groups in total. The van der Waals surface area contributed by atoms with Crippen molar-refractivity contribution in [3.63, 3.8) is 0 Å². The Balaban J connectivity index is 2.19. The second-order valence-electron chi connectivity index (χ2n) is 4.12. The molecule has 0 fully saturated rings. The van der Waals surface area contributed by atoms with Crippen molar-refractivity contribution in [3.8, 4) is 11.1 Å². The summed E-state index contributed by atoms with van der Waals surface area (Å²) in [6, 6.07) is 10.6. The third-order valence-electron chi connectivity index (χ3n) is 2.87. The van der Waals surface area contributed by atoms with Gasteiger partial charge >= 0.3 is 0 Å². The molecule has 3 rings (SSSR count). The van der Waals surface area contributed by atoms with E-state index in [-0.39, 0.29) is 0 Å². The SMILES string of the molecule is Cc1ccc(-c2ccc3ncsc3c2)c(C)n1. The molecule has 0 aliphatic heterocycles. The molecule has 3 aromatic rings. The van der Waals surface area contributed by atoms with Gasteiger partial charge < -0.3 is 0 Å². The summed E-state index contributed by atoms with van der Waals surface area (Å²) in [5.74, 6) is 0. The quantitative estimate of drug-likeness (QED) is 0.643. The highest BCUT2D eigenvalue weighted by Gasteiger charge is 2.05. The summed E-state index contributed by atoms with van der Waals surface area (Å²) in [5, 5.41) is 0. The first kappa shape index (κ1) is 10.4. The topological polar surface area (TPSA) is 25.8 Å². The molecule has 84 valence electrons. The van der Waals surface area contributed by atoms with Crippen molar-refractivity contribution in [2.45, 2.75) is 13.8 Å². The Bertz CT molecular complexity index is 686. The molecule has 0 atom stereocenters.